The normalized spacial score (nSPS) is 11.6. The van der Waals surface area contributed by atoms with Gasteiger partial charge in [0.15, 0.2) is 4.96 Å². The molecule has 1 N–H and O–H groups in total. The number of nitrogens with zero attached hydrogens (tertiary/aromatic N) is 2. The van der Waals surface area contributed by atoms with E-state index in [1.165, 1.54) is 53.1 Å². The zero-order valence-electron chi connectivity index (χ0n) is 13.0. The van der Waals surface area contributed by atoms with Crippen LogP contribution in [0.15, 0.2) is 51.6 Å². The Morgan fingerprint density at radius 1 is 1.36 bits per heavy atom. The molecule has 3 aromatic rings. The van der Waals surface area contributed by atoms with E-state index in [4.69, 9.17) is 4.74 Å². The molecule has 10 heteroatoms. The van der Waals surface area contributed by atoms with Crippen LogP contribution in [0.4, 0.5) is 0 Å². The summed E-state index contributed by atoms with van der Waals surface area (Å²) in [6.07, 6.45) is 1.61. The molecule has 8 nitrogen and oxygen atoms in total. The monoisotopic (exact) mass is 379 g/mol. The Morgan fingerprint density at radius 3 is 2.92 bits per heavy atom. The fourth-order valence-corrected chi connectivity index (χ4v) is 3.61. The molecule has 0 saturated carbocycles. The molecular formula is C15H13N3O5S2. The van der Waals surface area contributed by atoms with Crippen molar-refractivity contribution in [3.63, 3.8) is 0 Å². The van der Waals surface area contributed by atoms with Crippen LogP contribution in [0.1, 0.15) is 16.1 Å². The van der Waals surface area contributed by atoms with Gasteiger partial charge in [0.05, 0.1) is 16.2 Å². The first-order valence-corrected chi connectivity index (χ1v) is 9.43. The van der Waals surface area contributed by atoms with Gasteiger partial charge in [-0.2, -0.15) is 0 Å². The third-order valence-corrected chi connectivity index (χ3v) is 5.52. The van der Waals surface area contributed by atoms with Crippen molar-refractivity contribution < 1.29 is 17.9 Å². The predicted octanol–water partition coefficient (Wildman–Crippen LogP) is 1.02. The minimum Gasteiger partial charge on any atom is -0.456 e. The second kappa shape index (κ2) is 6.75. The highest BCUT2D eigenvalue weighted by atomic mass is 32.2. The molecular weight excluding hydrogens is 366 g/mol. The summed E-state index contributed by atoms with van der Waals surface area (Å²) in [5.74, 6) is -0.707. The summed E-state index contributed by atoms with van der Waals surface area (Å²) in [6, 6.07) is 6.77. The number of carbonyl (C=O) groups is 1. The van der Waals surface area contributed by atoms with Gasteiger partial charge in [-0.1, -0.05) is 6.07 Å². The molecule has 0 amide bonds. The minimum atomic E-state index is -3.66. The molecule has 1 aromatic carbocycles. The summed E-state index contributed by atoms with van der Waals surface area (Å²) < 4.78 is 32.3. The van der Waals surface area contributed by atoms with Crippen LogP contribution in [0, 0.1) is 0 Å². The van der Waals surface area contributed by atoms with E-state index < -0.39 is 16.0 Å². The highest BCUT2D eigenvalue weighted by Crippen LogP contribution is 2.13. The van der Waals surface area contributed by atoms with Crippen LogP contribution >= 0.6 is 11.3 Å². The second-order valence-corrected chi connectivity index (χ2v) is 7.71. The van der Waals surface area contributed by atoms with Crippen molar-refractivity contribution in [2.75, 3.05) is 7.05 Å². The van der Waals surface area contributed by atoms with E-state index in [-0.39, 0.29) is 22.6 Å². The van der Waals surface area contributed by atoms with Gasteiger partial charge in [0.25, 0.3) is 5.56 Å². The van der Waals surface area contributed by atoms with Crippen LogP contribution in [0.25, 0.3) is 4.96 Å². The average molecular weight is 379 g/mol. The van der Waals surface area contributed by atoms with Gasteiger partial charge in [-0.25, -0.2) is 22.9 Å². The van der Waals surface area contributed by atoms with E-state index in [1.807, 2.05) is 0 Å². The summed E-state index contributed by atoms with van der Waals surface area (Å²) in [6.45, 7) is -0.189. The maximum atomic E-state index is 12.1. The maximum Gasteiger partial charge on any atom is 0.338 e. The van der Waals surface area contributed by atoms with Gasteiger partial charge >= 0.3 is 5.97 Å². The van der Waals surface area contributed by atoms with Gasteiger partial charge in [0, 0.05) is 17.6 Å². The first kappa shape index (κ1) is 17.3. The lowest BCUT2D eigenvalue weighted by atomic mass is 10.2. The molecule has 0 aliphatic rings. The molecule has 0 aliphatic carbocycles. The third-order valence-electron chi connectivity index (χ3n) is 3.36. The molecule has 0 saturated heterocycles. The number of rotatable bonds is 5. The summed E-state index contributed by atoms with van der Waals surface area (Å²) in [4.78, 5) is 28.7. The van der Waals surface area contributed by atoms with Gasteiger partial charge in [-0.3, -0.25) is 9.20 Å². The molecule has 3 rings (SSSR count). The molecule has 0 unspecified atom stereocenters. The SMILES string of the molecule is CNS(=O)(=O)c1cccc(C(=O)OCc2cc(=O)n3ccsc3n2)c1. The highest BCUT2D eigenvalue weighted by molar-refractivity contribution is 7.89. The smallest absolute Gasteiger partial charge is 0.338 e. The quantitative estimate of drug-likeness (QED) is 0.664. The molecule has 0 atom stereocenters. The Labute approximate surface area is 146 Å². The van der Waals surface area contributed by atoms with E-state index >= 15 is 0 Å². The van der Waals surface area contributed by atoms with Crippen molar-refractivity contribution in [3.8, 4) is 0 Å². The lowest BCUT2D eigenvalue weighted by Gasteiger charge is -2.07. The van der Waals surface area contributed by atoms with Crippen LogP contribution in [-0.4, -0.2) is 30.8 Å². The van der Waals surface area contributed by atoms with Gasteiger partial charge in [0.1, 0.15) is 6.61 Å². The number of ether oxygens (including phenoxy) is 1. The molecule has 2 heterocycles. The lowest BCUT2D eigenvalue weighted by molar-refractivity contribution is 0.0467. The number of aromatic nitrogens is 2. The lowest BCUT2D eigenvalue weighted by Crippen LogP contribution is -2.19. The van der Waals surface area contributed by atoms with Crippen LogP contribution in [0.2, 0.25) is 0 Å². The molecule has 0 bridgehead atoms. The largest absolute Gasteiger partial charge is 0.456 e. The summed E-state index contributed by atoms with van der Waals surface area (Å²) in [5, 5.41) is 1.73. The van der Waals surface area contributed by atoms with Crippen LogP contribution in [0.5, 0.6) is 0 Å². The van der Waals surface area contributed by atoms with E-state index in [1.54, 1.807) is 11.6 Å². The van der Waals surface area contributed by atoms with Gasteiger partial charge in [-0.05, 0) is 25.2 Å². The molecule has 0 aliphatic heterocycles. The Balaban J connectivity index is 1.78. The number of hydrogen-bond acceptors (Lipinski definition) is 7. The summed E-state index contributed by atoms with van der Waals surface area (Å²) in [7, 11) is -2.37. The number of benzene rings is 1. The van der Waals surface area contributed by atoms with Crippen LogP contribution in [0.3, 0.4) is 0 Å². The maximum absolute atomic E-state index is 12.1. The molecule has 25 heavy (non-hydrogen) atoms. The standard InChI is InChI=1S/C15H13N3O5S2/c1-16-25(21,22)12-4-2-3-10(7-12)14(20)23-9-11-8-13(19)18-5-6-24-15(18)17-11/h2-8,16H,9H2,1H3. The number of hydrogen-bond donors (Lipinski definition) is 1. The van der Waals surface area contributed by atoms with Gasteiger partial charge in [0.2, 0.25) is 10.0 Å². The summed E-state index contributed by atoms with van der Waals surface area (Å²) in [5.41, 5.74) is 0.143. The first-order chi connectivity index (χ1) is 11.9. The Hall–Kier alpha value is -2.56. The van der Waals surface area contributed by atoms with Crippen molar-refractivity contribution in [1.29, 1.82) is 0 Å². The number of carbonyl (C=O) groups excluding carboxylic acids is 1. The molecule has 0 radical (unpaired) electrons. The van der Waals surface area contributed by atoms with E-state index in [9.17, 15) is 18.0 Å². The van der Waals surface area contributed by atoms with Crippen molar-refractivity contribution in [2.24, 2.45) is 0 Å². The third kappa shape index (κ3) is 3.60. The zero-order valence-corrected chi connectivity index (χ0v) is 14.6. The van der Waals surface area contributed by atoms with Crippen molar-refractivity contribution in [2.45, 2.75) is 11.5 Å². The van der Waals surface area contributed by atoms with Crippen LogP contribution in [-0.2, 0) is 21.4 Å². The van der Waals surface area contributed by atoms with Crippen molar-refractivity contribution in [3.05, 3.63) is 63.5 Å². The van der Waals surface area contributed by atoms with Gasteiger partial charge < -0.3 is 4.74 Å². The van der Waals surface area contributed by atoms with E-state index in [0.29, 0.717) is 10.7 Å². The highest BCUT2D eigenvalue weighted by Gasteiger charge is 2.15. The van der Waals surface area contributed by atoms with Crippen molar-refractivity contribution >= 4 is 32.3 Å². The van der Waals surface area contributed by atoms with E-state index in [2.05, 4.69) is 9.71 Å². The fraction of sp³-hybridized carbons (Fsp3) is 0.133. The Bertz CT molecular complexity index is 1100. The topological polar surface area (TPSA) is 107 Å². The Morgan fingerprint density at radius 2 is 2.16 bits per heavy atom. The predicted molar refractivity (Wildman–Crippen MR) is 91.1 cm³/mol. The molecule has 0 spiro atoms. The zero-order chi connectivity index (χ0) is 18.0. The first-order valence-electron chi connectivity index (χ1n) is 7.07. The average Bonchev–Trinajstić information content (AvgIpc) is 3.09. The molecule has 130 valence electrons. The molecule has 2 aromatic heterocycles. The Kier molecular flexibility index (Phi) is 4.66. The number of thiazole rings is 1. The minimum absolute atomic E-state index is 0.0409. The summed E-state index contributed by atoms with van der Waals surface area (Å²) >= 11 is 1.29. The van der Waals surface area contributed by atoms with Crippen LogP contribution < -0.4 is 10.3 Å². The van der Waals surface area contributed by atoms with E-state index in [0.717, 1.165) is 0 Å². The van der Waals surface area contributed by atoms with Gasteiger partial charge in [-0.15, -0.1) is 11.3 Å². The van der Waals surface area contributed by atoms with Crippen molar-refractivity contribution in [1.82, 2.24) is 14.1 Å². The number of nitrogens with one attached hydrogen (secondary N) is 1. The number of sulfonamides is 1. The fourth-order valence-electron chi connectivity index (χ4n) is 2.09. The second-order valence-electron chi connectivity index (χ2n) is 4.95. The number of esters is 1. The molecule has 0 fully saturated rings. The number of fused-ring (bicyclic) bond motifs is 1.